The van der Waals surface area contributed by atoms with Crippen LogP contribution in [0.25, 0.3) is 16.6 Å². The van der Waals surface area contributed by atoms with E-state index in [-0.39, 0.29) is 25.0 Å². The first-order chi connectivity index (χ1) is 16.9. The molecular formula is C28H29N3O4. The van der Waals surface area contributed by atoms with Crippen molar-refractivity contribution >= 4 is 22.8 Å². The van der Waals surface area contributed by atoms with E-state index in [4.69, 9.17) is 14.9 Å². The van der Waals surface area contributed by atoms with Crippen molar-refractivity contribution in [3.8, 4) is 11.4 Å². The lowest BCUT2D eigenvalue weighted by atomic mass is 10.0. The number of ether oxygens (including phenoxy) is 1. The number of aromatic nitrogens is 2. The largest absolute Gasteiger partial charge is 0.486 e. The maximum absolute atomic E-state index is 12.2. The summed E-state index contributed by atoms with van der Waals surface area (Å²) in [5.74, 6) is -0.472. The third-order valence-corrected chi connectivity index (χ3v) is 5.84. The van der Waals surface area contributed by atoms with Crippen molar-refractivity contribution in [2.75, 3.05) is 6.54 Å². The van der Waals surface area contributed by atoms with Crippen LogP contribution in [-0.2, 0) is 4.79 Å². The Bertz CT molecular complexity index is 1310. The molecule has 180 valence electrons. The summed E-state index contributed by atoms with van der Waals surface area (Å²) >= 11 is 0. The topological polar surface area (TPSA) is 93.5 Å². The molecule has 4 aromatic rings. The first kappa shape index (κ1) is 24.0. The van der Waals surface area contributed by atoms with Gasteiger partial charge in [0.05, 0.1) is 17.6 Å². The first-order valence-corrected chi connectivity index (χ1v) is 11.8. The number of carbonyl (C=O) groups excluding carboxylic acids is 1. The molecule has 0 fully saturated rings. The monoisotopic (exact) mass is 471 g/mol. The van der Waals surface area contributed by atoms with E-state index >= 15 is 0 Å². The molecule has 35 heavy (non-hydrogen) atoms. The fourth-order valence-corrected chi connectivity index (χ4v) is 3.95. The molecule has 1 unspecified atom stereocenters. The number of nitrogens with one attached hydrogen (secondary N) is 1. The van der Waals surface area contributed by atoms with Crippen molar-refractivity contribution < 1.29 is 19.4 Å². The van der Waals surface area contributed by atoms with E-state index in [1.807, 2.05) is 53.3 Å². The van der Waals surface area contributed by atoms with E-state index in [1.54, 1.807) is 12.1 Å². The summed E-state index contributed by atoms with van der Waals surface area (Å²) in [5, 5.41) is 17.1. The van der Waals surface area contributed by atoms with Gasteiger partial charge in [0.1, 0.15) is 11.9 Å². The SMILES string of the molecule is CCCC(Oc1ccc(-n2cc3cccc(C)c3n2)cc1)c1ccc(C(=O)NCCC(=O)O)cc1. The molecule has 0 saturated heterocycles. The molecule has 3 aromatic carbocycles. The Hall–Kier alpha value is -4.13. The van der Waals surface area contributed by atoms with Gasteiger partial charge in [-0.3, -0.25) is 9.59 Å². The van der Waals surface area contributed by atoms with Crippen molar-refractivity contribution in [1.29, 1.82) is 0 Å². The molecule has 0 saturated carbocycles. The number of rotatable bonds is 10. The number of carboxylic acids is 1. The van der Waals surface area contributed by atoms with Gasteiger partial charge in [0.25, 0.3) is 5.91 Å². The number of aryl methyl sites for hydroxylation is 1. The molecule has 1 heterocycles. The highest BCUT2D eigenvalue weighted by Crippen LogP contribution is 2.27. The number of hydrogen-bond acceptors (Lipinski definition) is 4. The van der Waals surface area contributed by atoms with Crippen LogP contribution in [0.4, 0.5) is 0 Å². The van der Waals surface area contributed by atoms with E-state index in [0.717, 1.165) is 46.3 Å². The zero-order valence-corrected chi connectivity index (χ0v) is 19.9. The number of nitrogens with zero attached hydrogens (tertiary/aromatic N) is 2. The summed E-state index contributed by atoms with van der Waals surface area (Å²) < 4.78 is 8.19. The highest BCUT2D eigenvalue weighted by atomic mass is 16.5. The van der Waals surface area contributed by atoms with Crippen molar-refractivity contribution in [2.24, 2.45) is 0 Å². The fourth-order valence-electron chi connectivity index (χ4n) is 3.95. The Morgan fingerprint density at radius 3 is 2.46 bits per heavy atom. The summed E-state index contributed by atoms with van der Waals surface area (Å²) in [6.45, 7) is 4.26. The first-order valence-electron chi connectivity index (χ1n) is 11.8. The Labute approximate surface area is 204 Å². The summed E-state index contributed by atoms with van der Waals surface area (Å²) in [6, 6.07) is 21.3. The molecule has 1 amide bonds. The molecule has 0 spiro atoms. The Morgan fingerprint density at radius 1 is 1.06 bits per heavy atom. The molecule has 1 aromatic heterocycles. The van der Waals surface area contributed by atoms with Crippen LogP contribution in [0.5, 0.6) is 5.75 Å². The smallest absolute Gasteiger partial charge is 0.305 e. The number of benzene rings is 3. The van der Waals surface area contributed by atoms with E-state index in [9.17, 15) is 9.59 Å². The molecule has 2 N–H and O–H groups in total. The maximum atomic E-state index is 12.2. The average molecular weight is 472 g/mol. The molecule has 0 aliphatic heterocycles. The van der Waals surface area contributed by atoms with Gasteiger partial charge in [-0.2, -0.15) is 5.10 Å². The number of carboxylic acid groups (broad SMARTS) is 1. The summed E-state index contributed by atoms with van der Waals surface area (Å²) in [5.41, 5.74) is 4.56. The van der Waals surface area contributed by atoms with Gasteiger partial charge in [0.15, 0.2) is 0 Å². The maximum Gasteiger partial charge on any atom is 0.305 e. The van der Waals surface area contributed by atoms with Crippen LogP contribution < -0.4 is 10.1 Å². The predicted octanol–water partition coefficient (Wildman–Crippen LogP) is 5.46. The summed E-state index contributed by atoms with van der Waals surface area (Å²) in [7, 11) is 0. The minimum atomic E-state index is -0.943. The van der Waals surface area contributed by atoms with E-state index in [1.165, 1.54) is 0 Å². The number of amides is 1. The zero-order chi connectivity index (χ0) is 24.8. The number of aliphatic carboxylic acids is 1. The van der Waals surface area contributed by atoms with Crippen LogP contribution in [0, 0.1) is 6.92 Å². The summed E-state index contributed by atoms with van der Waals surface area (Å²) in [4.78, 5) is 22.8. The van der Waals surface area contributed by atoms with Gasteiger partial charge in [0, 0.05) is 23.7 Å². The second kappa shape index (κ2) is 10.9. The lowest BCUT2D eigenvalue weighted by Crippen LogP contribution is -2.26. The fraction of sp³-hybridized carbons (Fsp3) is 0.250. The van der Waals surface area contributed by atoms with Crippen LogP contribution in [0.3, 0.4) is 0 Å². The highest BCUT2D eigenvalue weighted by Gasteiger charge is 2.15. The quantitative estimate of drug-likeness (QED) is 0.320. The van der Waals surface area contributed by atoms with Crippen molar-refractivity contribution in [3.63, 3.8) is 0 Å². The normalized spacial score (nSPS) is 11.8. The molecule has 1 atom stereocenters. The van der Waals surface area contributed by atoms with E-state index in [2.05, 4.69) is 31.3 Å². The Morgan fingerprint density at radius 2 is 1.80 bits per heavy atom. The van der Waals surface area contributed by atoms with Crippen LogP contribution in [0.1, 0.15) is 53.8 Å². The Kier molecular flexibility index (Phi) is 7.45. The summed E-state index contributed by atoms with van der Waals surface area (Å²) in [6.07, 6.45) is 3.54. The molecule has 0 radical (unpaired) electrons. The van der Waals surface area contributed by atoms with Crippen LogP contribution in [0.15, 0.2) is 72.9 Å². The van der Waals surface area contributed by atoms with Crippen LogP contribution in [0.2, 0.25) is 0 Å². The van der Waals surface area contributed by atoms with Gasteiger partial charge in [0.2, 0.25) is 0 Å². The minimum Gasteiger partial charge on any atom is -0.486 e. The number of hydrogen-bond donors (Lipinski definition) is 2. The Balaban J connectivity index is 1.44. The van der Waals surface area contributed by atoms with Crippen LogP contribution >= 0.6 is 0 Å². The van der Waals surface area contributed by atoms with Crippen LogP contribution in [-0.4, -0.2) is 33.3 Å². The van der Waals surface area contributed by atoms with Gasteiger partial charge >= 0.3 is 5.97 Å². The van der Waals surface area contributed by atoms with E-state index in [0.29, 0.717) is 5.56 Å². The molecule has 4 rings (SSSR count). The lowest BCUT2D eigenvalue weighted by molar-refractivity contribution is -0.136. The predicted molar refractivity (Wildman–Crippen MR) is 135 cm³/mol. The van der Waals surface area contributed by atoms with Gasteiger partial charge in [-0.25, -0.2) is 4.68 Å². The second-order valence-electron chi connectivity index (χ2n) is 8.50. The lowest BCUT2D eigenvalue weighted by Gasteiger charge is -2.19. The third-order valence-electron chi connectivity index (χ3n) is 5.84. The zero-order valence-electron chi connectivity index (χ0n) is 19.9. The highest BCUT2D eigenvalue weighted by molar-refractivity contribution is 5.94. The number of carbonyl (C=O) groups is 2. The number of fused-ring (bicyclic) bond motifs is 1. The van der Waals surface area contributed by atoms with E-state index < -0.39 is 5.97 Å². The van der Waals surface area contributed by atoms with Gasteiger partial charge in [-0.15, -0.1) is 0 Å². The molecule has 7 nitrogen and oxygen atoms in total. The molecular weight excluding hydrogens is 442 g/mol. The average Bonchev–Trinajstić information content (AvgIpc) is 3.30. The molecule has 0 bridgehead atoms. The van der Waals surface area contributed by atoms with Crippen molar-refractivity contribution in [3.05, 3.63) is 89.6 Å². The van der Waals surface area contributed by atoms with Gasteiger partial charge in [-0.1, -0.05) is 43.7 Å². The molecule has 0 aliphatic carbocycles. The second-order valence-corrected chi connectivity index (χ2v) is 8.50. The van der Waals surface area contributed by atoms with Crippen molar-refractivity contribution in [2.45, 2.75) is 39.2 Å². The standard InChI is InChI=1S/C28H29N3O4/c1-3-5-25(20-8-10-21(11-9-20)28(34)29-17-16-26(32)33)35-24-14-12-23(13-15-24)31-18-22-7-4-6-19(2)27(22)30-31/h4,6-15,18,25H,3,5,16-17H2,1-2H3,(H,29,34)(H,32,33). The minimum absolute atomic E-state index is 0.0989. The third kappa shape index (κ3) is 5.87. The van der Waals surface area contributed by atoms with Crippen molar-refractivity contribution in [1.82, 2.24) is 15.1 Å². The van der Waals surface area contributed by atoms with Gasteiger partial charge < -0.3 is 15.2 Å². The molecule has 0 aliphatic rings. The molecule has 7 heteroatoms. The van der Waals surface area contributed by atoms with Gasteiger partial charge in [-0.05, 0) is 60.9 Å².